The summed E-state index contributed by atoms with van der Waals surface area (Å²) in [7, 11) is 0. The molecular weight excluding hydrogens is 310 g/mol. The van der Waals surface area contributed by atoms with E-state index in [1.807, 2.05) is 11.8 Å². The molecule has 1 fully saturated rings. The number of aromatic carboxylic acids is 1. The molecular formula is C13H19N3O3S2. The molecule has 1 saturated heterocycles. The number of carboxylic acids is 1. The number of hydrogen-bond acceptors (Lipinski definition) is 5. The van der Waals surface area contributed by atoms with Crippen LogP contribution in [0, 0.1) is 6.92 Å². The molecule has 2 amide bonds. The molecule has 21 heavy (non-hydrogen) atoms. The Bertz CT molecular complexity index is 539. The zero-order valence-electron chi connectivity index (χ0n) is 12.1. The summed E-state index contributed by atoms with van der Waals surface area (Å²) >= 11 is 2.99. The average molecular weight is 329 g/mol. The predicted molar refractivity (Wildman–Crippen MR) is 84.1 cm³/mol. The first-order chi connectivity index (χ1) is 9.89. The molecule has 6 nitrogen and oxygen atoms in total. The Labute approximate surface area is 131 Å². The van der Waals surface area contributed by atoms with Crippen LogP contribution in [0.3, 0.4) is 0 Å². The van der Waals surface area contributed by atoms with Crippen LogP contribution in [-0.2, 0) is 6.54 Å². The topological polar surface area (TPSA) is 91.3 Å². The van der Waals surface area contributed by atoms with E-state index in [4.69, 9.17) is 5.11 Å². The van der Waals surface area contributed by atoms with Gasteiger partial charge in [0.15, 0.2) is 0 Å². The van der Waals surface area contributed by atoms with Crippen LogP contribution in [-0.4, -0.2) is 39.1 Å². The second-order valence-corrected chi connectivity index (χ2v) is 8.03. The smallest absolute Gasteiger partial charge is 0.347 e. The fourth-order valence-electron chi connectivity index (χ4n) is 2.19. The Morgan fingerprint density at radius 2 is 2.19 bits per heavy atom. The molecule has 0 aliphatic carbocycles. The van der Waals surface area contributed by atoms with Crippen molar-refractivity contribution in [2.75, 3.05) is 12.3 Å². The summed E-state index contributed by atoms with van der Waals surface area (Å²) in [5.74, 6) is 0.169. The third-order valence-electron chi connectivity index (χ3n) is 3.36. The third-order valence-corrected chi connectivity index (χ3v) is 6.04. The summed E-state index contributed by atoms with van der Waals surface area (Å²) in [6, 6.07) is -0.242. The molecule has 8 heteroatoms. The van der Waals surface area contributed by atoms with Crippen molar-refractivity contribution in [3.05, 3.63) is 15.6 Å². The number of urea groups is 1. The maximum absolute atomic E-state index is 11.8. The lowest BCUT2D eigenvalue weighted by molar-refractivity contribution is 0.0701. The molecule has 0 bridgehead atoms. The minimum atomic E-state index is -0.980. The van der Waals surface area contributed by atoms with E-state index in [2.05, 4.69) is 22.5 Å². The number of nitrogens with one attached hydrogen (secondary N) is 2. The van der Waals surface area contributed by atoms with Crippen LogP contribution >= 0.6 is 23.1 Å². The zero-order valence-corrected chi connectivity index (χ0v) is 13.7. The third kappa shape index (κ3) is 4.34. The van der Waals surface area contributed by atoms with Gasteiger partial charge in [-0.15, -0.1) is 11.3 Å². The number of amides is 2. The molecule has 116 valence electrons. The van der Waals surface area contributed by atoms with Crippen LogP contribution in [0.1, 0.15) is 40.1 Å². The van der Waals surface area contributed by atoms with Gasteiger partial charge in [0.05, 0.1) is 12.2 Å². The molecule has 1 aromatic heterocycles. The first-order valence-electron chi connectivity index (χ1n) is 6.75. The van der Waals surface area contributed by atoms with E-state index in [1.165, 1.54) is 6.42 Å². The molecule has 1 aliphatic rings. The van der Waals surface area contributed by atoms with Gasteiger partial charge in [-0.2, -0.15) is 11.8 Å². The maximum atomic E-state index is 11.8. The van der Waals surface area contributed by atoms with Gasteiger partial charge < -0.3 is 15.7 Å². The van der Waals surface area contributed by atoms with E-state index in [9.17, 15) is 9.59 Å². The standard InChI is InChI=1S/C13H19N3O3S2/c1-8-10(11(17)18)21-9(16-8)6-14-12(19)15-7-13(2)4-3-5-20-13/h3-7H2,1-2H3,(H,17,18)(H2,14,15,19). The molecule has 0 aromatic carbocycles. The fourth-order valence-corrected chi connectivity index (χ4v) is 4.28. The molecule has 0 saturated carbocycles. The van der Waals surface area contributed by atoms with Crippen molar-refractivity contribution in [2.45, 2.75) is 38.0 Å². The van der Waals surface area contributed by atoms with Crippen molar-refractivity contribution < 1.29 is 14.7 Å². The number of carbonyl (C=O) groups excluding carboxylic acids is 1. The van der Waals surface area contributed by atoms with E-state index >= 15 is 0 Å². The number of carboxylic acid groups (broad SMARTS) is 1. The highest BCUT2D eigenvalue weighted by atomic mass is 32.2. The SMILES string of the molecule is Cc1nc(CNC(=O)NCC2(C)CCCS2)sc1C(=O)O. The van der Waals surface area contributed by atoms with Gasteiger partial charge in [0.25, 0.3) is 0 Å². The maximum Gasteiger partial charge on any atom is 0.347 e. The van der Waals surface area contributed by atoms with Crippen molar-refractivity contribution in [2.24, 2.45) is 0 Å². The van der Waals surface area contributed by atoms with Gasteiger partial charge in [0.1, 0.15) is 9.88 Å². The van der Waals surface area contributed by atoms with Crippen molar-refractivity contribution in [3.8, 4) is 0 Å². The number of nitrogens with zero attached hydrogens (tertiary/aromatic N) is 1. The van der Waals surface area contributed by atoms with Gasteiger partial charge in [-0.1, -0.05) is 0 Å². The Morgan fingerprint density at radius 3 is 2.76 bits per heavy atom. The van der Waals surface area contributed by atoms with Crippen molar-refractivity contribution in [3.63, 3.8) is 0 Å². The van der Waals surface area contributed by atoms with Crippen molar-refractivity contribution >= 4 is 35.1 Å². The number of thioether (sulfide) groups is 1. The van der Waals surface area contributed by atoms with Crippen LogP contribution in [0.15, 0.2) is 0 Å². The van der Waals surface area contributed by atoms with Gasteiger partial charge in [-0.3, -0.25) is 0 Å². The van der Waals surface area contributed by atoms with E-state index in [-0.39, 0.29) is 22.2 Å². The second-order valence-electron chi connectivity index (χ2n) is 5.27. The minimum Gasteiger partial charge on any atom is -0.477 e. The lowest BCUT2D eigenvalue weighted by Gasteiger charge is -2.22. The molecule has 2 heterocycles. The first-order valence-corrected chi connectivity index (χ1v) is 8.55. The van der Waals surface area contributed by atoms with Crippen LogP contribution in [0.25, 0.3) is 0 Å². The van der Waals surface area contributed by atoms with Crippen LogP contribution in [0.4, 0.5) is 4.79 Å². The number of aromatic nitrogens is 1. The normalized spacial score (nSPS) is 21.2. The molecule has 1 aromatic rings. The summed E-state index contributed by atoms with van der Waals surface area (Å²) in [6.45, 7) is 4.70. The quantitative estimate of drug-likeness (QED) is 0.770. The summed E-state index contributed by atoms with van der Waals surface area (Å²) in [5.41, 5.74) is 0.486. The van der Waals surface area contributed by atoms with Crippen LogP contribution < -0.4 is 10.6 Å². The number of rotatable bonds is 5. The summed E-state index contributed by atoms with van der Waals surface area (Å²) in [6.07, 6.45) is 2.31. The Hall–Kier alpha value is -1.28. The molecule has 1 unspecified atom stereocenters. The molecule has 1 aliphatic heterocycles. The average Bonchev–Trinajstić information content (AvgIpc) is 3.01. The summed E-state index contributed by atoms with van der Waals surface area (Å²) in [4.78, 5) is 27.1. The Balaban J connectivity index is 1.78. The fraction of sp³-hybridized carbons (Fsp3) is 0.615. The van der Waals surface area contributed by atoms with E-state index in [0.717, 1.165) is 23.5 Å². The van der Waals surface area contributed by atoms with E-state index in [0.29, 0.717) is 17.2 Å². The van der Waals surface area contributed by atoms with Crippen molar-refractivity contribution in [1.82, 2.24) is 15.6 Å². The van der Waals surface area contributed by atoms with Gasteiger partial charge in [0, 0.05) is 11.3 Å². The minimum absolute atomic E-state index is 0.131. The number of hydrogen-bond donors (Lipinski definition) is 3. The van der Waals surface area contributed by atoms with Crippen LogP contribution in [0.2, 0.25) is 0 Å². The monoisotopic (exact) mass is 329 g/mol. The molecule has 0 radical (unpaired) electrons. The Morgan fingerprint density at radius 1 is 1.43 bits per heavy atom. The first kappa shape index (κ1) is 16.1. The second kappa shape index (κ2) is 6.65. The van der Waals surface area contributed by atoms with Gasteiger partial charge in [0.2, 0.25) is 0 Å². The van der Waals surface area contributed by atoms with E-state index in [1.54, 1.807) is 6.92 Å². The number of aryl methyl sites for hydroxylation is 1. The number of carbonyl (C=O) groups is 2. The lowest BCUT2D eigenvalue weighted by Crippen LogP contribution is -2.42. The van der Waals surface area contributed by atoms with E-state index < -0.39 is 5.97 Å². The van der Waals surface area contributed by atoms with Crippen molar-refractivity contribution in [1.29, 1.82) is 0 Å². The highest BCUT2D eigenvalue weighted by Gasteiger charge is 2.29. The van der Waals surface area contributed by atoms with Gasteiger partial charge in [-0.25, -0.2) is 14.6 Å². The van der Waals surface area contributed by atoms with Gasteiger partial charge >= 0.3 is 12.0 Å². The summed E-state index contributed by atoms with van der Waals surface area (Å²) in [5, 5.41) is 15.1. The highest BCUT2D eigenvalue weighted by Crippen LogP contribution is 2.36. The van der Waals surface area contributed by atoms with Gasteiger partial charge in [-0.05, 0) is 32.4 Å². The Kier molecular flexibility index (Phi) is 5.10. The lowest BCUT2D eigenvalue weighted by atomic mass is 10.1. The highest BCUT2D eigenvalue weighted by molar-refractivity contribution is 8.00. The molecule has 1 atom stereocenters. The summed E-state index contributed by atoms with van der Waals surface area (Å²) < 4.78 is 0.131. The molecule has 0 spiro atoms. The number of thiazole rings is 1. The predicted octanol–water partition coefficient (Wildman–Crippen LogP) is 2.23. The van der Waals surface area contributed by atoms with Crippen LogP contribution in [0.5, 0.6) is 0 Å². The molecule has 3 N–H and O–H groups in total. The molecule has 2 rings (SSSR count). The largest absolute Gasteiger partial charge is 0.477 e. The zero-order chi connectivity index (χ0) is 15.5.